The lowest BCUT2D eigenvalue weighted by atomic mass is 10.2. The predicted octanol–water partition coefficient (Wildman–Crippen LogP) is 3.45. The van der Waals surface area contributed by atoms with Crippen LogP contribution in [0.1, 0.15) is 33.3 Å². The lowest BCUT2D eigenvalue weighted by molar-refractivity contribution is 0.0738. The minimum absolute atomic E-state index is 0.128. The number of carbonyl (C=O) groups excluding carboxylic acids is 1. The Kier molecular flexibility index (Phi) is 5.67. The van der Waals surface area contributed by atoms with Gasteiger partial charge in [-0.25, -0.2) is 4.79 Å². The van der Waals surface area contributed by atoms with Crippen LogP contribution in [0.15, 0.2) is 24.3 Å². The Morgan fingerprint density at radius 2 is 1.63 bits per heavy atom. The molecule has 0 aromatic heterocycles. The molecule has 1 aromatic carbocycles. The molecule has 0 fully saturated rings. The maximum Gasteiger partial charge on any atom is 0.410 e. The summed E-state index contributed by atoms with van der Waals surface area (Å²) in [5.74, 6) is 0.793. The first-order valence-corrected chi connectivity index (χ1v) is 6.53. The molecule has 0 bridgehead atoms. The molecule has 0 saturated carbocycles. The van der Waals surface area contributed by atoms with Crippen molar-refractivity contribution >= 4 is 6.09 Å². The third kappa shape index (κ3) is 4.47. The molecule has 0 saturated heterocycles. The average molecular weight is 265 g/mol. The van der Waals surface area contributed by atoms with Gasteiger partial charge in [0.1, 0.15) is 12.4 Å². The third-order valence-electron chi connectivity index (χ3n) is 2.84. The quantitative estimate of drug-likeness (QED) is 0.818. The molecule has 4 nitrogen and oxygen atoms in total. The Morgan fingerprint density at radius 3 is 2.05 bits per heavy atom. The molecular formula is C15H23NO3. The Balaban J connectivity index is 2.57. The molecule has 1 amide bonds. The molecule has 0 aliphatic carbocycles. The van der Waals surface area contributed by atoms with E-state index >= 15 is 0 Å². The van der Waals surface area contributed by atoms with Crippen molar-refractivity contribution in [2.45, 2.75) is 46.4 Å². The molecule has 0 aliphatic rings. The van der Waals surface area contributed by atoms with Crippen molar-refractivity contribution in [2.24, 2.45) is 0 Å². The van der Waals surface area contributed by atoms with Gasteiger partial charge in [0, 0.05) is 12.1 Å². The molecule has 0 N–H and O–H groups in total. The summed E-state index contributed by atoms with van der Waals surface area (Å²) in [6, 6.07) is 7.74. The Labute approximate surface area is 115 Å². The fourth-order valence-corrected chi connectivity index (χ4v) is 1.96. The Morgan fingerprint density at radius 1 is 1.11 bits per heavy atom. The molecule has 0 radical (unpaired) electrons. The predicted molar refractivity (Wildman–Crippen MR) is 75.3 cm³/mol. The van der Waals surface area contributed by atoms with Crippen molar-refractivity contribution < 1.29 is 14.3 Å². The van der Waals surface area contributed by atoms with Crippen LogP contribution in [0.5, 0.6) is 5.75 Å². The van der Waals surface area contributed by atoms with Crippen LogP contribution < -0.4 is 4.74 Å². The number of hydrogen-bond donors (Lipinski definition) is 0. The minimum Gasteiger partial charge on any atom is -0.497 e. The smallest absolute Gasteiger partial charge is 0.410 e. The third-order valence-corrected chi connectivity index (χ3v) is 2.84. The second-order valence-electron chi connectivity index (χ2n) is 5.00. The second-order valence-corrected chi connectivity index (χ2v) is 5.00. The molecule has 0 unspecified atom stereocenters. The number of nitrogens with zero attached hydrogens (tertiary/aromatic N) is 1. The lowest BCUT2D eigenvalue weighted by Crippen LogP contribution is -2.42. The van der Waals surface area contributed by atoms with Gasteiger partial charge in [-0.05, 0) is 45.4 Å². The molecule has 4 heteroatoms. The number of rotatable bonds is 5. The molecule has 0 atom stereocenters. The molecule has 19 heavy (non-hydrogen) atoms. The normalized spacial score (nSPS) is 10.7. The van der Waals surface area contributed by atoms with E-state index in [1.54, 1.807) is 12.0 Å². The van der Waals surface area contributed by atoms with Crippen molar-refractivity contribution in [2.75, 3.05) is 7.11 Å². The number of ether oxygens (including phenoxy) is 2. The summed E-state index contributed by atoms with van der Waals surface area (Å²) < 4.78 is 10.4. The number of benzene rings is 1. The zero-order valence-corrected chi connectivity index (χ0v) is 12.3. The van der Waals surface area contributed by atoms with E-state index in [0.29, 0.717) is 0 Å². The van der Waals surface area contributed by atoms with Gasteiger partial charge in [-0.1, -0.05) is 12.1 Å². The van der Waals surface area contributed by atoms with Crippen molar-refractivity contribution in [1.29, 1.82) is 0 Å². The van der Waals surface area contributed by atoms with Crippen molar-refractivity contribution in [1.82, 2.24) is 4.90 Å². The van der Waals surface area contributed by atoms with Crippen molar-refractivity contribution in [3.8, 4) is 5.75 Å². The van der Waals surface area contributed by atoms with Crippen LogP contribution in [0.3, 0.4) is 0 Å². The summed E-state index contributed by atoms with van der Waals surface area (Å²) in [6.07, 6.45) is -0.277. The summed E-state index contributed by atoms with van der Waals surface area (Å²) in [5.41, 5.74) is 0.946. The van der Waals surface area contributed by atoms with Gasteiger partial charge in [0.2, 0.25) is 0 Å². The largest absolute Gasteiger partial charge is 0.497 e. The standard InChI is InChI=1S/C15H23NO3/c1-11(2)16(12(3)4)15(17)19-10-13-6-8-14(18-5)9-7-13/h6-9,11-12H,10H2,1-5H3. The van der Waals surface area contributed by atoms with Crippen LogP contribution in [0.4, 0.5) is 4.79 Å². The number of amides is 1. The summed E-state index contributed by atoms with van der Waals surface area (Å²) in [7, 11) is 1.62. The van der Waals surface area contributed by atoms with Gasteiger partial charge >= 0.3 is 6.09 Å². The topological polar surface area (TPSA) is 38.8 Å². The maximum atomic E-state index is 12.0. The Hall–Kier alpha value is -1.71. The van der Waals surface area contributed by atoms with E-state index in [2.05, 4.69) is 0 Å². The van der Waals surface area contributed by atoms with E-state index in [4.69, 9.17) is 9.47 Å². The zero-order valence-electron chi connectivity index (χ0n) is 12.3. The number of methoxy groups -OCH3 is 1. The van der Waals surface area contributed by atoms with Gasteiger partial charge in [0.15, 0.2) is 0 Å². The minimum atomic E-state index is -0.277. The zero-order chi connectivity index (χ0) is 14.4. The first-order valence-electron chi connectivity index (χ1n) is 6.53. The van der Waals surface area contributed by atoms with Crippen molar-refractivity contribution in [3.63, 3.8) is 0 Å². The average Bonchev–Trinajstić information content (AvgIpc) is 2.36. The highest BCUT2D eigenvalue weighted by Crippen LogP contribution is 2.13. The van der Waals surface area contributed by atoms with Gasteiger partial charge in [0.25, 0.3) is 0 Å². The SMILES string of the molecule is COc1ccc(COC(=O)N(C(C)C)C(C)C)cc1. The van der Waals surface area contributed by atoms with Gasteiger partial charge in [0.05, 0.1) is 7.11 Å². The fourth-order valence-electron chi connectivity index (χ4n) is 1.96. The fraction of sp³-hybridized carbons (Fsp3) is 0.533. The van der Waals surface area contributed by atoms with Gasteiger partial charge in [-0.15, -0.1) is 0 Å². The van der Waals surface area contributed by atoms with Gasteiger partial charge in [-0.3, -0.25) is 0 Å². The van der Waals surface area contributed by atoms with E-state index in [1.807, 2.05) is 52.0 Å². The molecule has 0 heterocycles. The highest BCUT2D eigenvalue weighted by molar-refractivity contribution is 5.68. The van der Waals surface area contributed by atoms with Gasteiger partial charge in [-0.2, -0.15) is 0 Å². The first-order chi connectivity index (χ1) is 8.95. The number of hydrogen-bond acceptors (Lipinski definition) is 3. The molecule has 106 valence electrons. The summed E-state index contributed by atoms with van der Waals surface area (Å²) >= 11 is 0. The molecule has 0 aliphatic heterocycles. The van der Waals surface area contributed by atoms with E-state index in [-0.39, 0.29) is 24.8 Å². The van der Waals surface area contributed by atoms with E-state index in [9.17, 15) is 4.79 Å². The van der Waals surface area contributed by atoms with E-state index in [0.717, 1.165) is 11.3 Å². The van der Waals surface area contributed by atoms with Gasteiger partial charge < -0.3 is 14.4 Å². The molecule has 1 aromatic rings. The van der Waals surface area contributed by atoms with Crippen LogP contribution in [0, 0.1) is 0 Å². The van der Waals surface area contributed by atoms with Crippen LogP contribution in [0.25, 0.3) is 0 Å². The van der Waals surface area contributed by atoms with Crippen LogP contribution in [-0.4, -0.2) is 30.2 Å². The summed E-state index contributed by atoms with van der Waals surface area (Å²) in [6.45, 7) is 8.20. The van der Waals surface area contributed by atoms with E-state index in [1.165, 1.54) is 0 Å². The van der Waals surface area contributed by atoms with Crippen LogP contribution in [-0.2, 0) is 11.3 Å². The summed E-state index contributed by atoms with van der Waals surface area (Å²) in [4.78, 5) is 13.7. The maximum absolute atomic E-state index is 12.0. The van der Waals surface area contributed by atoms with E-state index < -0.39 is 0 Å². The molecular weight excluding hydrogens is 242 g/mol. The Bertz CT molecular complexity index is 390. The summed E-state index contributed by atoms with van der Waals surface area (Å²) in [5, 5.41) is 0. The van der Waals surface area contributed by atoms with Crippen LogP contribution >= 0.6 is 0 Å². The highest BCUT2D eigenvalue weighted by Gasteiger charge is 2.21. The van der Waals surface area contributed by atoms with Crippen LogP contribution in [0.2, 0.25) is 0 Å². The monoisotopic (exact) mass is 265 g/mol. The van der Waals surface area contributed by atoms with Crippen molar-refractivity contribution in [3.05, 3.63) is 29.8 Å². The molecule has 1 rings (SSSR count). The molecule has 0 spiro atoms. The second kappa shape index (κ2) is 7.02. The highest BCUT2D eigenvalue weighted by atomic mass is 16.6. The number of carbonyl (C=O) groups is 1. The first kappa shape index (κ1) is 15.3. The lowest BCUT2D eigenvalue weighted by Gasteiger charge is -2.29.